The first-order valence-corrected chi connectivity index (χ1v) is 8.96. The Morgan fingerprint density at radius 3 is 2.52 bits per heavy atom. The molecule has 0 aliphatic rings. The molecule has 0 saturated heterocycles. The van der Waals surface area contributed by atoms with Crippen LogP contribution in [-0.4, -0.2) is 15.5 Å². The molecule has 4 rings (SSSR count). The summed E-state index contributed by atoms with van der Waals surface area (Å²) in [4.78, 5) is 16.6. The summed E-state index contributed by atoms with van der Waals surface area (Å²) >= 11 is 0. The van der Waals surface area contributed by atoms with Gasteiger partial charge in [0.2, 0.25) is 0 Å². The van der Waals surface area contributed by atoms with Crippen LogP contribution in [0, 0.1) is 0 Å². The van der Waals surface area contributed by atoms with Crippen LogP contribution in [-0.2, 0) is 22.5 Å². The van der Waals surface area contributed by atoms with E-state index >= 15 is 0 Å². The molecule has 0 saturated carbocycles. The van der Waals surface area contributed by atoms with Crippen LogP contribution < -0.4 is 0 Å². The van der Waals surface area contributed by atoms with E-state index in [0.717, 1.165) is 16.5 Å². The van der Waals surface area contributed by atoms with Gasteiger partial charge >= 0.3 is 5.97 Å². The summed E-state index contributed by atoms with van der Waals surface area (Å²) in [6.45, 7) is 0.527. The molecule has 0 bridgehead atoms. The Bertz CT molecular complexity index is 1030. The molecule has 0 radical (unpaired) electrons. The monoisotopic (exact) mass is 356 g/mol. The Labute approximate surface area is 158 Å². The molecule has 3 aromatic carbocycles. The lowest BCUT2D eigenvalue weighted by Gasteiger charge is -2.19. The smallest absolute Gasteiger partial charge is 0.310 e. The van der Waals surface area contributed by atoms with Gasteiger partial charge in [-0.05, 0) is 28.0 Å². The van der Waals surface area contributed by atoms with E-state index in [4.69, 9.17) is 4.74 Å². The van der Waals surface area contributed by atoms with Crippen LogP contribution in [0.4, 0.5) is 0 Å². The third-order valence-corrected chi connectivity index (χ3v) is 4.55. The second-order valence-corrected chi connectivity index (χ2v) is 6.51. The van der Waals surface area contributed by atoms with Gasteiger partial charge in [0.05, 0.1) is 19.3 Å². The fraction of sp³-hybridized carbons (Fsp3) is 0.130. The molecule has 0 N–H and O–H groups in total. The zero-order valence-corrected chi connectivity index (χ0v) is 14.9. The van der Waals surface area contributed by atoms with Crippen molar-refractivity contribution in [1.29, 1.82) is 0 Å². The highest BCUT2D eigenvalue weighted by Gasteiger charge is 2.18. The Kier molecular flexibility index (Phi) is 4.97. The number of aromatic nitrogens is 2. The minimum atomic E-state index is -0.375. The molecule has 134 valence electrons. The van der Waals surface area contributed by atoms with Crippen LogP contribution in [0.25, 0.3) is 10.8 Å². The fourth-order valence-corrected chi connectivity index (χ4v) is 3.17. The Hall–Kier alpha value is -3.40. The number of imidazole rings is 1. The predicted octanol–water partition coefficient (Wildman–Crippen LogP) is 4.56. The lowest BCUT2D eigenvalue weighted by Crippen LogP contribution is -2.18. The summed E-state index contributed by atoms with van der Waals surface area (Å²) in [7, 11) is 0. The van der Waals surface area contributed by atoms with Crippen LogP contribution in [0.5, 0.6) is 0 Å². The van der Waals surface area contributed by atoms with Gasteiger partial charge < -0.3 is 9.30 Å². The zero-order valence-electron chi connectivity index (χ0n) is 14.9. The van der Waals surface area contributed by atoms with Crippen LogP contribution in [0.3, 0.4) is 0 Å². The van der Waals surface area contributed by atoms with Crippen molar-refractivity contribution in [2.24, 2.45) is 0 Å². The largest absolute Gasteiger partial charge is 0.455 e. The first-order chi connectivity index (χ1) is 13.3. The highest BCUT2D eigenvalue weighted by atomic mass is 16.5. The van der Waals surface area contributed by atoms with E-state index in [0.29, 0.717) is 6.54 Å². The van der Waals surface area contributed by atoms with Crippen LogP contribution >= 0.6 is 0 Å². The molecular weight excluding hydrogens is 336 g/mol. The minimum Gasteiger partial charge on any atom is -0.455 e. The number of nitrogens with zero attached hydrogens (tertiary/aromatic N) is 2. The molecule has 27 heavy (non-hydrogen) atoms. The summed E-state index contributed by atoms with van der Waals surface area (Å²) in [5, 5.41) is 2.29. The SMILES string of the molecule is O=C(Cc1ccccc1)OC(Cn1ccnc1)c1ccc2ccccc2c1. The number of hydrogen-bond acceptors (Lipinski definition) is 3. The summed E-state index contributed by atoms with van der Waals surface area (Å²) in [5.74, 6) is -0.237. The number of carbonyl (C=O) groups is 1. The summed E-state index contributed by atoms with van der Waals surface area (Å²) in [5.41, 5.74) is 1.92. The molecule has 1 heterocycles. The first kappa shape index (κ1) is 17.0. The van der Waals surface area contributed by atoms with Gasteiger partial charge in [-0.2, -0.15) is 0 Å². The predicted molar refractivity (Wildman–Crippen MR) is 105 cm³/mol. The molecular formula is C23H20N2O2. The number of benzene rings is 3. The van der Waals surface area contributed by atoms with Gasteiger partial charge in [0, 0.05) is 12.4 Å². The molecule has 0 fully saturated rings. The number of ether oxygens (including phenoxy) is 1. The molecule has 0 spiro atoms. The van der Waals surface area contributed by atoms with E-state index < -0.39 is 0 Å². The molecule has 4 heteroatoms. The lowest BCUT2D eigenvalue weighted by atomic mass is 10.0. The Morgan fingerprint density at radius 1 is 0.963 bits per heavy atom. The van der Waals surface area contributed by atoms with Gasteiger partial charge in [-0.3, -0.25) is 4.79 Å². The number of fused-ring (bicyclic) bond motifs is 1. The average molecular weight is 356 g/mol. The zero-order chi connectivity index (χ0) is 18.5. The molecule has 0 aliphatic carbocycles. The number of esters is 1. The van der Waals surface area contributed by atoms with Crippen molar-refractivity contribution < 1.29 is 9.53 Å². The van der Waals surface area contributed by atoms with Gasteiger partial charge in [-0.1, -0.05) is 66.7 Å². The highest BCUT2D eigenvalue weighted by Crippen LogP contribution is 2.25. The molecule has 4 aromatic rings. The van der Waals surface area contributed by atoms with Gasteiger partial charge in [-0.15, -0.1) is 0 Å². The maximum absolute atomic E-state index is 12.5. The Morgan fingerprint density at radius 2 is 1.74 bits per heavy atom. The van der Waals surface area contributed by atoms with Crippen LogP contribution in [0.15, 0.2) is 91.5 Å². The summed E-state index contributed by atoms with van der Waals surface area (Å²) in [6.07, 6.45) is 5.22. The van der Waals surface area contributed by atoms with E-state index in [9.17, 15) is 4.79 Å². The van der Waals surface area contributed by atoms with E-state index in [1.54, 1.807) is 12.5 Å². The average Bonchev–Trinajstić information content (AvgIpc) is 3.21. The van der Waals surface area contributed by atoms with Crippen molar-refractivity contribution in [1.82, 2.24) is 9.55 Å². The molecule has 0 aliphatic heterocycles. The number of carbonyl (C=O) groups excluding carboxylic acids is 1. The maximum Gasteiger partial charge on any atom is 0.310 e. The normalized spacial score (nSPS) is 12.0. The maximum atomic E-state index is 12.5. The summed E-state index contributed by atoms with van der Waals surface area (Å²) < 4.78 is 7.80. The molecule has 0 amide bonds. The van der Waals surface area contributed by atoms with E-state index in [-0.39, 0.29) is 18.5 Å². The molecule has 4 nitrogen and oxygen atoms in total. The minimum absolute atomic E-state index is 0.237. The highest BCUT2D eigenvalue weighted by molar-refractivity contribution is 5.83. The van der Waals surface area contributed by atoms with Crippen LogP contribution in [0.1, 0.15) is 17.2 Å². The van der Waals surface area contributed by atoms with Crippen molar-refractivity contribution in [2.45, 2.75) is 19.1 Å². The Balaban J connectivity index is 1.58. The van der Waals surface area contributed by atoms with Crippen molar-refractivity contribution in [3.8, 4) is 0 Å². The quantitative estimate of drug-likeness (QED) is 0.476. The summed E-state index contributed by atoms with van der Waals surface area (Å²) in [6, 6.07) is 24.0. The first-order valence-electron chi connectivity index (χ1n) is 8.96. The molecule has 1 unspecified atom stereocenters. The van der Waals surface area contributed by atoms with E-state index in [2.05, 4.69) is 29.2 Å². The van der Waals surface area contributed by atoms with Gasteiger partial charge in [0.15, 0.2) is 0 Å². The number of rotatable bonds is 6. The van der Waals surface area contributed by atoms with Gasteiger partial charge in [-0.25, -0.2) is 4.98 Å². The second-order valence-electron chi connectivity index (χ2n) is 6.51. The third kappa shape index (κ3) is 4.23. The second kappa shape index (κ2) is 7.87. The van der Waals surface area contributed by atoms with Gasteiger partial charge in [0.25, 0.3) is 0 Å². The van der Waals surface area contributed by atoms with Crippen molar-refractivity contribution in [3.05, 3.63) is 103 Å². The van der Waals surface area contributed by atoms with E-state index in [1.165, 1.54) is 5.39 Å². The molecule has 1 aromatic heterocycles. The topological polar surface area (TPSA) is 44.1 Å². The van der Waals surface area contributed by atoms with Crippen molar-refractivity contribution in [2.75, 3.05) is 0 Å². The lowest BCUT2D eigenvalue weighted by molar-refractivity contribution is -0.149. The van der Waals surface area contributed by atoms with Crippen molar-refractivity contribution >= 4 is 16.7 Å². The van der Waals surface area contributed by atoms with E-state index in [1.807, 2.05) is 59.3 Å². The molecule has 1 atom stereocenters. The van der Waals surface area contributed by atoms with Crippen molar-refractivity contribution in [3.63, 3.8) is 0 Å². The fourth-order valence-electron chi connectivity index (χ4n) is 3.17. The number of hydrogen-bond donors (Lipinski definition) is 0. The third-order valence-electron chi connectivity index (χ3n) is 4.55. The van der Waals surface area contributed by atoms with Gasteiger partial charge in [0.1, 0.15) is 6.10 Å². The standard InChI is InChI=1S/C23H20N2O2/c26-23(14-18-6-2-1-3-7-18)27-22(16-25-13-12-24-17-25)21-11-10-19-8-4-5-9-20(19)15-21/h1-13,15,17,22H,14,16H2. The van der Waals surface area contributed by atoms with Crippen LogP contribution in [0.2, 0.25) is 0 Å².